The van der Waals surface area contributed by atoms with Gasteiger partial charge in [-0.1, -0.05) is 26.2 Å². The van der Waals surface area contributed by atoms with Crippen molar-refractivity contribution in [2.75, 3.05) is 20.6 Å². The van der Waals surface area contributed by atoms with Crippen LogP contribution in [0.5, 0.6) is 0 Å². The van der Waals surface area contributed by atoms with Crippen molar-refractivity contribution < 1.29 is 0 Å². The summed E-state index contributed by atoms with van der Waals surface area (Å²) in [7, 11) is 4.16. The first-order chi connectivity index (χ1) is 9.62. The van der Waals surface area contributed by atoms with Crippen molar-refractivity contribution in [2.45, 2.75) is 58.4 Å². The third-order valence-electron chi connectivity index (χ3n) is 4.35. The number of hydrogen-bond donors (Lipinski definition) is 1. The molecule has 20 heavy (non-hydrogen) atoms. The Hall–Kier alpha value is -1.27. The van der Waals surface area contributed by atoms with Gasteiger partial charge < -0.3 is 5.32 Å². The van der Waals surface area contributed by atoms with E-state index in [2.05, 4.69) is 36.3 Å². The van der Waals surface area contributed by atoms with Gasteiger partial charge >= 0.3 is 0 Å². The van der Waals surface area contributed by atoms with Crippen LogP contribution in [0, 0.1) is 11.3 Å². The van der Waals surface area contributed by atoms with Crippen LogP contribution in [-0.2, 0) is 0 Å². The summed E-state index contributed by atoms with van der Waals surface area (Å²) < 4.78 is 0. The lowest BCUT2D eigenvalue weighted by Gasteiger charge is -2.32. The number of allylic oxidation sites excluding steroid dienone is 2. The van der Waals surface area contributed by atoms with E-state index >= 15 is 0 Å². The summed E-state index contributed by atoms with van der Waals surface area (Å²) >= 11 is 0. The molecule has 0 atom stereocenters. The molecule has 0 aromatic rings. The van der Waals surface area contributed by atoms with Gasteiger partial charge in [-0.15, -0.1) is 0 Å². The van der Waals surface area contributed by atoms with Crippen LogP contribution in [0.4, 0.5) is 0 Å². The highest BCUT2D eigenvalue weighted by Gasteiger charge is 2.18. The van der Waals surface area contributed by atoms with E-state index in [-0.39, 0.29) is 0 Å². The summed E-state index contributed by atoms with van der Waals surface area (Å²) in [5, 5.41) is 12.4. The highest BCUT2D eigenvalue weighted by molar-refractivity contribution is 5.34. The molecule has 0 radical (unpaired) electrons. The minimum absolute atomic E-state index is 0.698. The van der Waals surface area contributed by atoms with Crippen LogP contribution in [-0.4, -0.2) is 31.6 Å². The average molecular weight is 275 g/mol. The van der Waals surface area contributed by atoms with E-state index in [1.54, 1.807) is 0 Å². The molecule has 112 valence electrons. The summed E-state index contributed by atoms with van der Waals surface area (Å²) in [6.45, 7) is 5.04. The molecule has 0 aliphatic heterocycles. The lowest BCUT2D eigenvalue weighted by atomic mass is 9.94. The van der Waals surface area contributed by atoms with Crippen molar-refractivity contribution in [2.24, 2.45) is 0 Å². The van der Waals surface area contributed by atoms with E-state index in [0.29, 0.717) is 6.04 Å². The zero-order valence-electron chi connectivity index (χ0n) is 13.5. The van der Waals surface area contributed by atoms with Gasteiger partial charge in [0.2, 0.25) is 0 Å². The van der Waals surface area contributed by atoms with Crippen LogP contribution in [0.15, 0.2) is 22.9 Å². The van der Waals surface area contributed by atoms with Gasteiger partial charge in [0.1, 0.15) is 0 Å². The fourth-order valence-electron chi connectivity index (χ4n) is 2.78. The molecule has 0 spiro atoms. The van der Waals surface area contributed by atoms with E-state index in [0.717, 1.165) is 24.2 Å². The second kappa shape index (κ2) is 8.81. The third-order valence-corrected chi connectivity index (χ3v) is 4.35. The maximum absolute atomic E-state index is 9.14. The Kier molecular flexibility index (Phi) is 7.40. The zero-order valence-corrected chi connectivity index (χ0v) is 13.5. The second-order valence-electron chi connectivity index (χ2n) is 5.74. The maximum atomic E-state index is 9.14. The molecule has 0 saturated heterocycles. The van der Waals surface area contributed by atoms with Crippen molar-refractivity contribution in [1.82, 2.24) is 10.2 Å². The zero-order chi connectivity index (χ0) is 15.0. The lowest BCUT2D eigenvalue weighted by Crippen LogP contribution is -2.35. The smallest absolute Gasteiger partial charge is 0.0947 e. The van der Waals surface area contributed by atoms with Crippen LogP contribution in [0.25, 0.3) is 0 Å². The molecule has 1 aliphatic carbocycles. The molecule has 0 bridgehead atoms. The fraction of sp³-hybridized carbons (Fsp3) is 0.706. The summed E-state index contributed by atoms with van der Waals surface area (Å²) in [4.78, 5) is 2.45. The van der Waals surface area contributed by atoms with Crippen LogP contribution in [0.3, 0.4) is 0 Å². The molecule has 1 rings (SSSR count). The first kappa shape index (κ1) is 16.8. The maximum Gasteiger partial charge on any atom is 0.0947 e. The number of rotatable bonds is 6. The molecule has 0 unspecified atom stereocenters. The summed E-state index contributed by atoms with van der Waals surface area (Å²) in [5.41, 5.74) is 3.25. The monoisotopic (exact) mass is 275 g/mol. The number of likely N-dealkylation sites (N-methyl/N-ethyl adjacent to an activating group) is 1. The predicted molar refractivity (Wildman–Crippen MR) is 85.2 cm³/mol. The molecule has 1 N–H and O–H groups in total. The van der Waals surface area contributed by atoms with Gasteiger partial charge in [-0.3, -0.25) is 4.90 Å². The van der Waals surface area contributed by atoms with Crippen LogP contribution in [0.1, 0.15) is 52.4 Å². The molecule has 0 aromatic carbocycles. The number of hydrogen-bond acceptors (Lipinski definition) is 3. The number of nitrogens with one attached hydrogen (secondary N) is 1. The fourth-order valence-corrected chi connectivity index (χ4v) is 2.78. The van der Waals surface area contributed by atoms with Crippen LogP contribution < -0.4 is 5.32 Å². The van der Waals surface area contributed by atoms with Gasteiger partial charge in [-0.25, -0.2) is 0 Å². The largest absolute Gasteiger partial charge is 0.391 e. The summed E-state index contributed by atoms with van der Waals surface area (Å²) in [6.07, 6.45) is 9.57. The standard InChI is InChI=1S/C17H29N3/c1-5-15(12-18)11-16(14(2)19-3)13-20(4)17-9-7-6-8-10-17/h11,17,19H,5-10,13H2,1-4H3/b15-11+,16-14-. The molecule has 0 amide bonds. The van der Waals surface area contributed by atoms with Crippen molar-refractivity contribution in [3.05, 3.63) is 22.9 Å². The first-order valence-corrected chi connectivity index (χ1v) is 7.80. The van der Waals surface area contributed by atoms with Crippen LogP contribution in [0.2, 0.25) is 0 Å². The van der Waals surface area contributed by atoms with Gasteiger partial charge in [0.05, 0.1) is 6.07 Å². The Morgan fingerprint density at radius 1 is 1.35 bits per heavy atom. The van der Waals surface area contributed by atoms with E-state index in [4.69, 9.17) is 5.26 Å². The quantitative estimate of drug-likeness (QED) is 0.594. The van der Waals surface area contributed by atoms with E-state index in [1.807, 2.05) is 14.0 Å². The molecule has 1 aliphatic rings. The van der Waals surface area contributed by atoms with Gasteiger partial charge in [0, 0.05) is 30.9 Å². The van der Waals surface area contributed by atoms with Crippen molar-refractivity contribution in [3.63, 3.8) is 0 Å². The highest BCUT2D eigenvalue weighted by Crippen LogP contribution is 2.23. The Balaban J connectivity index is 2.80. The number of nitriles is 1. The Labute approximate surface area is 124 Å². The third kappa shape index (κ3) is 5.02. The topological polar surface area (TPSA) is 39.1 Å². The SMILES string of the molecule is CC/C(C#N)=C\C(CN(C)C1CCCCC1)=C(/C)NC. The minimum atomic E-state index is 0.698. The van der Waals surface area contributed by atoms with Crippen LogP contribution >= 0.6 is 0 Å². The highest BCUT2D eigenvalue weighted by atomic mass is 15.1. The molecule has 0 heterocycles. The lowest BCUT2D eigenvalue weighted by molar-refractivity contribution is 0.206. The minimum Gasteiger partial charge on any atom is -0.391 e. The van der Waals surface area contributed by atoms with E-state index < -0.39 is 0 Å². The van der Waals surface area contributed by atoms with Crippen molar-refractivity contribution in [1.29, 1.82) is 5.26 Å². The number of nitrogens with zero attached hydrogens (tertiary/aromatic N) is 2. The molecular weight excluding hydrogens is 246 g/mol. The predicted octanol–water partition coefficient (Wildman–Crippen LogP) is 3.60. The van der Waals surface area contributed by atoms with Gasteiger partial charge in [-0.05, 0) is 44.9 Å². The van der Waals surface area contributed by atoms with E-state index in [9.17, 15) is 0 Å². The summed E-state index contributed by atoms with van der Waals surface area (Å²) in [6, 6.07) is 2.99. The Bertz CT molecular complexity index is 395. The average Bonchev–Trinajstić information content (AvgIpc) is 2.51. The normalized spacial score (nSPS) is 18.7. The second-order valence-corrected chi connectivity index (χ2v) is 5.74. The molecular formula is C17H29N3. The van der Waals surface area contributed by atoms with Crippen molar-refractivity contribution >= 4 is 0 Å². The van der Waals surface area contributed by atoms with Gasteiger partial charge in [0.15, 0.2) is 0 Å². The van der Waals surface area contributed by atoms with Gasteiger partial charge in [-0.2, -0.15) is 5.26 Å². The molecule has 1 saturated carbocycles. The molecule has 0 aromatic heterocycles. The molecule has 3 nitrogen and oxygen atoms in total. The van der Waals surface area contributed by atoms with Gasteiger partial charge in [0.25, 0.3) is 0 Å². The molecule has 1 fully saturated rings. The Morgan fingerprint density at radius 2 is 2.00 bits per heavy atom. The summed E-state index contributed by atoms with van der Waals surface area (Å²) in [5.74, 6) is 0. The van der Waals surface area contributed by atoms with Crippen molar-refractivity contribution in [3.8, 4) is 6.07 Å². The molecule has 3 heteroatoms. The first-order valence-electron chi connectivity index (χ1n) is 7.80. The Morgan fingerprint density at radius 3 is 2.50 bits per heavy atom. The van der Waals surface area contributed by atoms with E-state index in [1.165, 1.54) is 37.7 Å².